The van der Waals surface area contributed by atoms with Crippen molar-refractivity contribution >= 4 is 23.1 Å². The molecule has 0 aliphatic heterocycles. The van der Waals surface area contributed by atoms with Gasteiger partial charge in [0.05, 0.1) is 11.3 Å². The van der Waals surface area contributed by atoms with Crippen LogP contribution in [0.4, 0.5) is 15.8 Å². The lowest BCUT2D eigenvalue weighted by atomic mass is 10.1. The van der Waals surface area contributed by atoms with Gasteiger partial charge in [-0.2, -0.15) is 0 Å². The van der Waals surface area contributed by atoms with Crippen molar-refractivity contribution < 1.29 is 18.7 Å². The van der Waals surface area contributed by atoms with Crippen molar-refractivity contribution in [3.63, 3.8) is 0 Å². The lowest BCUT2D eigenvalue weighted by Gasteiger charge is -2.11. The molecular weight excluding hydrogens is 333 g/mol. The Bertz CT molecular complexity index is 925. The zero-order chi connectivity index (χ0) is 18.4. The number of ether oxygens (including phenoxy) is 1. The van der Waals surface area contributed by atoms with Gasteiger partial charge in [0.15, 0.2) is 12.4 Å². The fourth-order valence-corrected chi connectivity index (χ4v) is 2.41. The van der Waals surface area contributed by atoms with Crippen molar-refractivity contribution in [3.05, 3.63) is 95.8 Å². The van der Waals surface area contributed by atoms with Crippen LogP contribution >= 0.6 is 0 Å². The summed E-state index contributed by atoms with van der Waals surface area (Å²) < 4.78 is 18.5. The molecule has 4 nitrogen and oxygen atoms in total. The number of anilines is 2. The first-order chi connectivity index (χ1) is 12.6. The smallest absolute Gasteiger partial charge is 0.340 e. The van der Waals surface area contributed by atoms with Crippen molar-refractivity contribution in [2.45, 2.75) is 0 Å². The van der Waals surface area contributed by atoms with Crippen molar-refractivity contribution in [1.82, 2.24) is 0 Å². The Morgan fingerprint density at radius 2 is 1.62 bits per heavy atom. The first-order valence-electron chi connectivity index (χ1n) is 8.00. The number of Topliss-reactive ketones (excluding diaryl/α,β-unsaturated/α-hetero) is 1. The maximum Gasteiger partial charge on any atom is 0.340 e. The number of benzene rings is 3. The molecule has 5 heteroatoms. The average Bonchev–Trinajstić information content (AvgIpc) is 2.67. The molecule has 0 saturated carbocycles. The van der Waals surface area contributed by atoms with Crippen LogP contribution in [0.5, 0.6) is 0 Å². The van der Waals surface area contributed by atoms with Gasteiger partial charge in [-0.1, -0.05) is 48.5 Å². The molecule has 3 aromatic carbocycles. The zero-order valence-corrected chi connectivity index (χ0v) is 13.8. The van der Waals surface area contributed by atoms with E-state index < -0.39 is 5.97 Å². The molecule has 26 heavy (non-hydrogen) atoms. The summed E-state index contributed by atoms with van der Waals surface area (Å²) >= 11 is 0. The van der Waals surface area contributed by atoms with E-state index in [1.807, 2.05) is 0 Å². The van der Waals surface area contributed by atoms with Crippen LogP contribution in [0.15, 0.2) is 78.9 Å². The highest BCUT2D eigenvalue weighted by Crippen LogP contribution is 2.22. The Hall–Kier alpha value is -3.47. The number of rotatable bonds is 6. The SMILES string of the molecule is O=C(COC(=O)c1ccccc1Nc1cccc(F)c1)c1ccccc1. The highest BCUT2D eigenvalue weighted by atomic mass is 19.1. The van der Waals surface area contributed by atoms with E-state index in [0.29, 0.717) is 16.9 Å². The van der Waals surface area contributed by atoms with E-state index in [9.17, 15) is 14.0 Å². The molecule has 0 unspecified atom stereocenters. The molecule has 0 aromatic heterocycles. The summed E-state index contributed by atoms with van der Waals surface area (Å²) in [6.07, 6.45) is 0. The number of ketones is 1. The van der Waals surface area contributed by atoms with E-state index in [1.54, 1.807) is 66.7 Å². The molecule has 0 fully saturated rings. The van der Waals surface area contributed by atoms with Crippen LogP contribution in [0.2, 0.25) is 0 Å². The molecule has 130 valence electrons. The van der Waals surface area contributed by atoms with Gasteiger partial charge < -0.3 is 10.1 Å². The number of halogens is 1. The Kier molecular flexibility index (Phi) is 5.39. The van der Waals surface area contributed by atoms with Crippen molar-refractivity contribution in [3.8, 4) is 0 Å². The van der Waals surface area contributed by atoms with Crippen molar-refractivity contribution in [2.24, 2.45) is 0 Å². The summed E-state index contributed by atoms with van der Waals surface area (Å²) in [6, 6.07) is 21.2. The van der Waals surface area contributed by atoms with Gasteiger partial charge in [0.25, 0.3) is 0 Å². The average molecular weight is 349 g/mol. The van der Waals surface area contributed by atoms with Crippen LogP contribution in [0.1, 0.15) is 20.7 Å². The molecular formula is C21H16FNO3. The fraction of sp³-hybridized carbons (Fsp3) is 0.0476. The Morgan fingerprint density at radius 1 is 0.885 bits per heavy atom. The topological polar surface area (TPSA) is 55.4 Å². The minimum Gasteiger partial charge on any atom is -0.454 e. The monoisotopic (exact) mass is 349 g/mol. The molecule has 1 N–H and O–H groups in total. The highest BCUT2D eigenvalue weighted by Gasteiger charge is 2.15. The van der Waals surface area contributed by atoms with E-state index in [1.165, 1.54) is 12.1 Å². The van der Waals surface area contributed by atoms with Crippen molar-refractivity contribution in [1.29, 1.82) is 0 Å². The minimum atomic E-state index is -0.631. The first-order valence-corrected chi connectivity index (χ1v) is 8.00. The van der Waals surface area contributed by atoms with E-state index in [2.05, 4.69) is 5.32 Å². The normalized spacial score (nSPS) is 10.2. The third-order valence-electron chi connectivity index (χ3n) is 3.68. The third kappa shape index (κ3) is 4.33. The summed E-state index contributed by atoms with van der Waals surface area (Å²) in [7, 11) is 0. The Labute approximate surface area is 150 Å². The molecule has 0 aliphatic carbocycles. The second kappa shape index (κ2) is 8.07. The van der Waals surface area contributed by atoms with Gasteiger partial charge in [0.2, 0.25) is 0 Å². The van der Waals surface area contributed by atoms with E-state index in [-0.39, 0.29) is 23.8 Å². The van der Waals surface area contributed by atoms with Gasteiger partial charge in [0, 0.05) is 11.3 Å². The molecule has 0 saturated heterocycles. The standard InChI is InChI=1S/C21H16FNO3/c22-16-9-6-10-17(13-16)23-19-12-5-4-11-18(19)21(25)26-14-20(24)15-7-2-1-3-8-15/h1-13,23H,14H2. The third-order valence-corrected chi connectivity index (χ3v) is 3.68. The van der Waals surface area contributed by atoms with E-state index in [4.69, 9.17) is 4.74 Å². The van der Waals surface area contributed by atoms with Crippen molar-refractivity contribution in [2.75, 3.05) is 11.9 Å². The van der Waals surface area contributed by atoms with Gasteiger partial charge >= 0.3 is 5.97 Å². The predicted molar refractivity (Wildman–Crippen MR) is 97.2 cm³/mol. The quantitative estimate of drug-likeness (QED) is 0.522. The molecule has 3 rings (SSSR count). The number of carbonyl (C=O) groups is 2. The van der Waals surface area contributed by atoms with Crippen LogP contribution in [-0.2, 0) is 4.74 Å². The maximum atomic E-state index is 13.3. The molecule has 0 spiro atoms. The second-order valence-electron chi connectivity index (χ2n) is 5.55. The lowest BCUT2D eigenvalue weighted by Crippen LogP contribution is -2.15. The van der Waals surface area contributed by atoms with Gasteiger partial charge in [-0.3, -0.25) is 4.79 Å². The van der Waals surface area contributed by atoms with Gasteiger partial charge in [-0.25, -0.2) is 9.18 Å². The van der Waals surface area contributed by atoms with Crippen LogP contribution in [-0.4, -0.2) is 18.4 Å². The minimum absolute atomic E-state index is 0.262. The summed E-state index contributed by atoms with van der Waals surface area (Å²) in [6.45, 7) is -0.350. The molecule has 3 aromatic rings. The summed E-state index contributed by atoms with van der Waals surface area (Å²) in [4.78, 5) is 24.4. The first kappa shape index (κ1) is 17.4. The fourth-order valence-electron chi connectivity index (χ4n) is 2.41. The van der Waals surface area contributed by atoms with E-state index >= 15 is 0 Å². The van der Waals surface area contributed by atoms with E-state index in [0.717, 1.165) is 0 Å². The molecule has 0 amide bonds. The number of esters is 1. The number of hydrogen-bond acceptors (Lipinski definition) is 4. The summed E-state index contributed by atoms with van der Waals surface area (Å²) in [5, 5.41) is 2.99. The van der Waals surface area contributed by atoms with Crippen LogP contribution < -0.4 is 5.32 Å². The molecule has 0 aliphatic rings. The summed E-state index contributed by atoms with van der Waals surface area (Å²) in [5.74, 6) is -1.30. The number of para-hydroxylation sites is 1. The number of carbonyl (C=O) groups excluding carboxylic acids is 2. The van der Waals surface area contributed by atoms with Gasteiger partial charge in [-0.15, -0.1) is 0 Å². The van der Waals surface area contributed by atoms with Crippen LogP contribution in [0.3, 0.4) is 0 Å². The highest BCUT2D eigenvalue weighted by molar-refractivity contribution is 6.01. The maximum absolute atomic E-state index is 13.3. The molecule has 0 atom stereocenters. The Morgan fingerprint density at radius 3 is 2.38 bits per heavy atom. The number of nitrogens with one attached hydrogen (secondary N) is 1. The van der Waals surface area contributed by atoms with Crippen LogP contribution in [0.25, 0.3) is 0 Å². The second-order valence-corrected chi connectivity index (χ2v) is 5.55. The predicted octanol–water partition coefficient (Wildman–Crippen LogP) is 4.61. The molecule has 0 radical (unpaired) electrons. The summed E-state index contributed by atoms with van der Waals surface area (Å²) in [5.41, 5.74) is 1.71. The lowest BCUT2D eigenvalue weighted by molar-refractivity contribution is 0.0476. The van der Waals surface area contributed by atoms with Gasteiger partial charge in [-0.05, 0) is 30.3 Å². The zero-order valence-electron chi connectivity index (χ0n) is 13.8. The van der Waals surface area contributed by atoms with Gasteiger partial charge in [0.1, 0.15) is 5.82 Å². The molecule has 0 bridgehead atoms. The number of hydrogen-bond donors (Lipinski definition) is 1. The van der Waals surface area contributed by atoms with Crippen LogP contribution in [0, 0.1) is 5.82 Å². The Balaban J connectivity index is 1.71. The largest absolute Gasteiger partial charge is 0.454 e. The molecule has 0 heterocycles.